The largest absolute Gasteiger partial charge is 0.481 e. The van der Waals surface area contributed by atoms with Crippen molar-refractivity contribution in [3.8, 4) is 0 Å². The molecule has 1 fully saturated rings. The van der Waals surface area contributed by atoms with Gasteiger partial charge in [-0.3, -0.25) is 4.79 Å². The predicted octanol–water partition coefficient (Wildman–Crippen LogP) is 1.27. The van der Waals surface area contributed by atoms with Crippen molar-refractivity contribution in [3.05, 3.63) is 35.4 Å². The minimum atomic E-state index is -0.854. The molecule has 1 aromatic rings. The Hall–Kier alpha value is -1.39. The summed E-state index contributed by atoms with van der Waals surface area (Å²) in [5.74, 6) is -0.854. The van der Waals surface area contributed by atoms with Crippen LogP contribution in [0.3, 0.4) is 0 Å². The fourth-order valence-electron chi connectivity index (χ4n) is 1.22. The van der Waals surface area contributed by atoms with Gasteiger partial charge in [-0.2, -0.15) is 9.78 Å². The summed E-state index contributed by atoms with van der Waals surface area (Å²) in [5, 5.41) is 8.61. The lowest BCUT2D eigenvalue weighted by molar-refractivity contribution is -0.136. The van der Waals surface area contributed by atoms with Crippen LogP contribution in [0.25, 0.3) is 0 Å². The third kappa shape index (κ3) is 1.85. The first-order chi connectivity index (χ1) is 6.27. The Morgan fingerprint density at radius 2 is 2.08 bits per heavy atom. The van der Waals surface area contributed by atoms with Gasteiger partial charge in [-0.1, -0.05) is 24.3 Å². The summed E-state index contributed by atoms with van der Waals surface area (Å²) in [6.45, 7) is 0. The Bertz CT molecular complexity index is 330. The third-order valence-electron chi connectivity index (χ3n) is 1.84. The molecule has 0 spiro atoms. The first-order valence-corrected chi connectivity index (χ1v) is 3.89. The highest BCUT2D eigenvalue weighted by molar-refractivity contribution is 5.70. The number of rotatable bonds is 3. The smallest absolute Gasteiger partial charge is 0.307 e. The van der Waals surface area contributed by atoms with Crippen LogP contribution in [0.2, 0.25) is 0 Å². The molecule has 4 nitrogen and oxygen atoms in total. The molecule has 1 N–H and O–H groups in total. The molecule has 0 amide bonds. The minimum Gasteiger partial charge on any atom is -0.481 e. The highest BCUT2D eigenvalue weighted by Gasteiger charge is 2.30. The molecule has 1 aliphatic rings. The zero-order chi connectivity index (χ0) is 9.26. The molecule has 1 saturated heterocycles. The van der Waals surface area contributed by atoms with Crippen LogP contribution in [-0.4, -0.2) is 11.1 Å². The average molecular weight is 180 g/mol. The van der Waals surface area contributed by atoms with E-state index in [1.54, 1.807) is 18.2 Å². The van der Waals surface area contributed by atoms with Crippen LogP contribution < -0.4 is 0 Å². The molecule has 0 unspecified atom stereocenters. The van der Waals surface area contributed by atoms with Crippen LogP contribution in [0, 0.1) is 0 Å². The van der Waals surface area contributed by atoms with E-state index in [-0.39, 0.29) is 12.7 Å². The van der Waals surface area contributed by atoms with Crippen LogP contribution in [0.1, 0.15) is 17.4 Å². The van der Waals surface area contributed by atoms with Crippen molar-refractivity contribution in [2.45, 2.75) is 12.7 Å². The average Bonchev–Trinajstić information content (AvgIpc) is 2.87. The van der Waals surface area contributed by atoms with E-state index in [2.05, 4.69) is 9.78 Å². The van der Waals surface area contributed by atoms with E-state index < -0.39 is 5.97 Å². The summed E-state index contributed by atoms with van der Waals surface area (Å²) in [7, 11) is 0. The molecule has 0 radical (unpaired) electrons. The maximum absolute atomic E-state index is 10.5. The zero-order valence-electron chi connectivity index (χ0n) is 6.77. The monoisotopic (exact) mass is 180 g/mol. The first-order valence-electron chi connectivity index (χ1n) is 3.89. The Morgan fingerprint density at radius 3 is 2.69 bits per heavy atom. The molecule has 13 heavy (non-hydrogen) atoms. The molecule has 68 valence electrons. The normalized spacial score (nSPS) is 15.7. The van der Waals surface area contributed by atoms with E-state index >= 15 is 0 Å². The van der Waals surface area contributed by atoms with E-state index in [1.807, 2.05) is 6.07 Å². The molecular formula is C9H8O4. The highest BCUT2D eigenvalue weighted by Crippen LogP contribution is 2.34. The molecule has 1 aliphatic heterocycles. The van der Waals surface area contributed by atoms with Gasteiger partial charge in [0.05, 0.1) is 6.42 Å². The standard InChI is InChI=1S/C9H8O4/c10-8(11)5-6-3-1-2-4-7(6)9-12-13-9/h1-4,9H,5H2,(H,10,11). The van der Waals surface area contributed by atoms with Gasteiger partial charge >= 0.3 is 5.97 Å². The van der Waals surface area contributed by atoms with Gasteiger partial charge in [0.1, 0.15) is 0 Å². The van der Waals surface area contributed by atoms with Gasteiger partial charge in [0.25, 0.3) is 0 Å². The second-order valence-electron chi connectivity index (χ2n) is 2.79. The summed E-state index contributed by atoms with van der Waals surface area (Å²) >= 11 is 0. The van der Waals surface area contributed by atoms with Crippen molar-refractivity contribution in [2.75, 3.05) is 0 Å². The van der Waals surface area contributed by atoms with E-state index in [9.17, 15) is 4.79 Å². The number of hydrogen-bond donors (Lipinski definition) is 1. The Labute approximate surface area is 74.6 Å². The molecule has 0 atom stereocenters. The number of carbonyl (C=O) groups is 1. The van der Waals surface area contributed by atoms with E-state index in [0.29, 0.717) is 0 Å². The van der Waals surface area contributed by atoms with Crippen LogP contribution in [0.5, 0.6) is 0 Å². The third-order valence-corrected chi connectivity index (χ3v) is 1.84. The zero-order valence-corrected chi connectivity index (χ0v) is 6.77. The maximum atomic E-state index is 10.5. The Morgan fingerprint density at radius 1 is 1.38 bits per heavy atom. The van der Waals surface area contributed by atoms with Crippen LogP contribution in [-0.2, 0) is 21.0 Å². The van der Waals surface area contributed by atoms with Gasteiger partial charge in [-0.15, -0.1) is 0 Å². The van der Waals surface area contributed by atoms with E-state index in [4.69, 9.17) is 5.11 Å². The van der Waals surface area contributed by atoms with Crippen molar-refractivity contribution in [2.24, 2.45) is 0 Å². The minimum absolute atomic E-state index is 0.000602. The fourth-order valence-corrected chi connectivity index (χ4v) is 1.22. The molecule has 4 heteroatoms. The van der Waals surface area contributed by atoms with Crippen LogP contribution >= 0.6 is 0 Å². The molecule has 0 saturated carbocycles. The van der Waals surface area contributed by atoms with Crippen molar-refractivity contribution in [1.29, 1.82) is 0 Å². The maximum Gasteiger partial charge on any atom is 0.307 e. The fraction of sp³-hybridized carbons (Fsp3) is 0.222. The summed E-state index contributed by atoms with van der Waals surface area (Å²) in [5.41, 5.74) is 1.53. The lowest BCUT2D eigenvalue weighted by atomic mass is 10.0. The second kappa shape index (κ2) is 3.16. The summed E-state index contributed by atoms with van der Waals surface area (Å²) in [6.07, 6.45) is -0.366. The van der Waals surface area contributed by atoms with Gasteiger partial charge in [0, 0.05) is 5.56 Å². The van der Waals surface area contributed by atoms with Crippen molar-refractivity contribution >= 4 is 5.97 Å². The molecule has 0 bridgehead atoms. The van der Waals surface area contributed by atoms with E-state index in [0.717, 1.165) is 11.1 Å². The number of carboxylic acid groups (broad SMARTS) is 1. The molecule has 1 heterocycles. The van der Waals surface area contributed by atoms with Gasteiger partial charge in [-0.25, -0.2) is 0 Å². The van der Waals surface area contributed by atoms with Gasteiger partial charge in [0.2, 0.25) is 6.29 Å². The lowest BCUT2D eigenvalue weighted by Crippen LogP contribution is -2.02. The van der Waals surface area contributed by atoms with Crippen molar-refractivity contribution in [1.82, 2.24) is 0 Å². The van der Waals surface area contributed by atoms with Gasteiger partial charge in [0.15, 0.2) is 0 Å². The number of benzene rings is 1. The molecule has 1 aromatic carbocycles. The Kier molecular flexibility index (Phi) is 2.00. The lowest BCUT2D eigenvalue weighted by Gasteiger charge is -2.01. The topological polar surface area (TPSA) is 62.4 Å². The highest BCUT2D eigenvalue weighted by atomic mass is 17.4. The van der Waals surface area contributed by atoms with Crippen LogP contribution in [0.15, 0.2) is 24.3 Å². The SMILES string of the molecule is O=C(O)Cc1ccccc1C1OO1. The van der Waals surface area contributed by atoms with E-state index in [1.165, 1.54) is 0 Å². The summed E-state index contributed by atoms with van der Waals surface area (Å²) < 4.78 is 0. The second-order valence-corrected chi connectivity index (χ2v) is 2.79. The van der Waals surface area contributed by atoms with Crippen molar-refractivity contribution in [3.63, 3.8) is 0 Å². The first kappa shape index (κ1) is 8.22. The number of aliphatic carboxylic acids is 1. The number of carboxylic acids is 1. The summed E-state index contributed by atoms with van der Waals surface area (Å²) in [4.78, 5) is 19.7. The molecular weight excluding hydrogens is 172 g/mol. The van der Waals surface area contributed by atoms with Gasteiger partial charge < -0.3 is 5.11 Å². The van der Waals surface area contributed by atoms with Gasteiger partial charge in [-0.05, 0) is 5.56 Å². The molecule has 0 aliphatic carbocycles. The van der Waals surface area contributed by atoms with Crippen molar-refractivity contribution < 1.29 is 19.7 Å². The predicted molar refractivity (Wildman–Crippen MR) is 42.7 cm³/mol. The molecule has 2 rings (SSSR count). The van der Waals surface area contributed by atoms with Crippen LogP contribution in [0.4, 0.5) is 0 Å². The Balaban J connectivity index is 2.26. The quantitative estimate of drug-likeness (QED) is 0.562. The molecule has 0 aromatic heterocycles. The summed E-state index contributed by atoms with van der Waals surface area (Å²) in [6, 6.07) is 7.18. The number of hydrogen-bond acceptors (Lipinski definition) is 3.